The summed E-state index contributed by atoms with van der Waals surface area (Å²) < 4.78 is 64.9. The van der Waals surface area contributed by atoms with Gasteiger partial charge in [0.2, 0.25) is 27.8 Å². The lowest BCUT2D eigenvalue weighted by Crippen LogP contribution is -2.27. The summed E-state index contributed by atoms with van der Waals surface area (Å²) in [4.78, 5) is 27.2. The van der Waals surface area contributed by atoms with Crippen LogP contribution in [0.2, 0.25) is 0 Å². The van der Waals surface area contributed by atoms with Crippen LogP contribution in [-0.4, -0.2) is 47.6 Å². The maximum Gasteiger partial charge on any atom is 0.421 e. The van der Waals surface area contributed by atoms with Crippen LogP contribution in [0.25, 0.3) is 0 Å². The first kappa shape index (κ1) is 24.1. The van der Waals surface area contributed by atoms with E-state index in [9.17, 15) is 26.4 Å². The third-order valence-electron chi connectivity index (χ3n) is 5.00. The highest BCUT2D eigenvalue weighted by Crippen LogP contribution is 2.34. The molecule has 3 aromatic rings. The number of nitrogens with one attached hydrogen (secondary N) is 3. The Morgan fingerprint density at radius 3 is 2.66 bits per heavy atom. The van der Waals surface area contributed by atoms with Crippen LogP contribution < -0.4 is 20.3 Å². The lowest BCUT2D eigenvalue weighted by atomic mass is 10.1. The molecule has 0 unspecified atom stereocenters. The van der Waals surface area contributed by atoms with Crippen LogP contribution in [0.1, 0.15) is 16.8 Å². The molecule has 15 heteroatoms. The molecule has 3 N–H and O–H groups in total. The number of alkyl halides is 3. The van der Waals surface area contributed by atoms with E-state index in [1.54, 1.807) is 18.2 Å². The fourth-order valence-corrected chi connectivity index (χ4v) is 3.56. The van der Waals surface area contributed by atoms with Crippen molar-refractivity contribution < 1.29 is 26.4 Å². The van der Waals surface area contributed by atoms with Crippen LogP contribution in [0.5, 0.6) is 0 Å². The molecular weight excluding hydrogens is 489 g/mol. The number of anilines is 5. The van der Waals surface area contributed by atoms with Gasteiger partial charge in [-0.15, -0.1) is 0 Å². The molecule has 1 amide bonds. The smallest absolute Gasteiger partial charge is 0.364 e. The Bertz CT molecular complexity index is 1400. The van der Waals surface area contributed by atoms with Crippen LogP contribution in [0.4, 0.5) is 42.3 Å². The standard InChI is InChI=1S/C20H19F3N8O3S/c1-31(35(2,33)34)19-24-6-5-13(28-19)9-25-17-14(20(21,22)23)10-26-18(30-17)27-12-3-4-15-11(7-12)8-16(32)29-15/h3-7,10H,8-9H2,1-2H3,(H,29,32)(H2,25,26,27,30). The molecule has 0 aliphatic carbocycles. The van der Waals surface area contributed by atoms with E-state index >= 15 is 0 Å². The Balaban J connectivity index is 1.57. The number of fused-ring (bicyclic) bond motifs is 1. The normalized spacial score (nSPS) is 13.2. The van der Waals surface area contributed by atoms with Gasteiger partial charge in [0.05, 0.1) is 24.9 Å². The number of carbonyl (C=O) groups is 1. The second-order valence-electron chi connectivity index (χ2n) is 7.61. The number of halogens is 3. The number of amides is 1. The third-order valence-corrected chi connectivity index (χ3v) is 6.16. The Morgan fingerprint density at radius 2 is 1.94 bits per heavy atom. The van der Waals surface area contributed by atoms with Crippen molar-refractivity contribution >= 4 is 45.0 Å². The van der Waals surface area contributed by atoms with Gasteiger partial charge in [0.15, 0.2) is 0 Å². The van der Waals surface area contributed by atoms with Gasteiger partial charge in [0.1, 0.15) is 11.4 Å². The maximum absolute atomic E-state index is 13.5. The van der Waals surface area contributed by atoms with E-state index in [0.717, 1.165) is 16.1 Å². The molecule has 1 aromatic carbocycles. The van der Waals surface area contributed by atoms with E-state index in [-0.39, 0.29) is 36.5 Å². The molecule has 184 valence electrons. The molecule has 1 aliphatic heterocycles. The van der Waals surface area contributed by atoms with Gasteiger partial charge < -0.3 is 16.0 Å². The minimum absolute atomic E-state index is 0.0991. The molecule has 0 atom stereocenters. The summed E-state index contributed by atoms with van der Waals surface area (Å²) in [5.41, 5.74) is 1.05. The largest absolute Gasteiger partial charge is 0.421 e. The molecule has 35 heavy (non-hydrogen) atoms. The van der Waals surface area contributed by atoms with Gasteiger partial charge in [0.25, 0.3) is 0 Å². The third kappa shape index (κ3) is 5.56. The fraction of sp³-hybridized carbons (Fsp3) is 0.250. The Morgan fingerprint density at radius 1 is 1.17 bits per heavy atom. The predicted octanol–water partition coefficient (Wildman–Crippen LogP) is 2.53. The number of sulfonamides is 1. The van der Waals surface area contributed by atoms with Crippen molar-refractivity contribution in [2.75, 3.05) is 33.6 Å². The number of aromatic nitrogens is 4. The summed E-state index contributed by atoms with van der Waals surface area (Å²) >= 11 is 0. The molecule has 11 nitrogen and oxygen atoms in total. The number of nitrogens with zero attached hydrogens (tertiary/aromatic N) is 5. The first-order valence-electron chi connectivity index (χ1n) is 10.0. The van der Waals surface area contributed by atoms with Crippen molar-refractivity contribution in [3.8, 4) is 0 Å². The molecule has 0 saturated carbocycles. The second kappa shape index (κ2) is 8.98. The Kier molecular flexibility index (Phi) is 6.19. The quantitative estimate of drug-likeness (QED) is 0.439. The van der Waals surface area contributed by atoms with Crippen molar-refractivity contribution in [3.63, 3.8) is 0 Å². The van der Waals surface area contributed by atoms with E-state index in [0.29, 0.717) is 17.6 Å². The zero-order valence-electron chi connectivity index (χ0n) is 18.4. The van der Waals surface area contributed by atoms with Crippen molar-refractivity contribution in [3.05, 3.63) is 53.5 Å². The van der Waals surface area contributed by atoms with Crippen LogP contribution in [0.3, 0.4) is 0 Å². The van der Waals surface area contributed by atoms with Crippen LogP contribution in [0, 0.1) is 0 Å². The minimum Gasteiger partial charge on any atom is -0.364 e. The van der Waals surface area contributed by atoms with Gasteiger partial charge in [-0.05, 0) is 29.8 Å². The van der Waals surface area contributed by atoms with E-state index in [1.807, 2.05) is 0 Å². The molecule has 0 radical (unpaired) electrons. The van der Waals surface area contributed by atoms with Crippen LogP contribution in [-0.2, 0) is 34.0 Å². The summed E-state index contributed by atoms with van der Waals surface area (Å²) in [7, 11) is -2.36. The van der Waals surface area contributed by atoms with E-state index in [4.69, 9.17) is 0 Å². The zero-order chi connectivity index (χ0) is 25.4. The number of carbonyl (C=O) groups excluding carboxylic acids is 1. The predicted molar refractivity (Wildman–Crippen MR) is 122 cm³/mol. The summed E-state index contributed by atoms with van der Waals surface area (Å²) in [6.45, 7) is -0.195. The molecule has 3 heterocycles. The molecule has 0 saturated heterocycles. The summed E-state index contributed by atoms with van der Waals surface area (Å²) in [5.74, 6) is -0.870. The SMILES string of the molecule is CN(c1nccc(CNc2nc(Nc3ccc4c(c3)CC(=O)N4)ncc2C(F)(F)F)n1)S(C)(=O)=O. The second-order valence-corrected chi connectivity index (χ2v) is 9.62. The molecule has 4 rings (SSSR count). The highest BCUT2D eigenvalue weighted by Gasteiger charge is 2.35. The van der Waals surface area contributed by atoms with Gasteiger partial charge in [-0.3, -0.25) is 4.79 Å². The van der Waals surface area contributed by atoms with Crippen LogP contribution >= 0.6 is 0 Å². The van der Waals surface area contributed by atoms with Gasteiger partial charge >= 0.3 is 6.18 Å². The molecular formula is C20H19F3N8O3S. The summed E-state index contributed by atoms with van der Waals surface area (Å²) in [5, 5.41) is 8.12. The fourth-order valence-electron chi connectivity index (χ4n) is 3.18. The maximum atomic E-state index is 13.5. The monoisotopic (exact) mass is 508 g/mol. The Hall–Kier alpha value is -4.01. The number of hydrogen-bond donors (Lipinski definition) is 3. The summed E-state index contributed by atoms with van der Waals surface area (Å²) in [6.07, 6.45) is -1.61. The molecule has 0 fully saturated rings. The number of benzene rings is 1. The van der Waals surface area contributed by atoms with E-state index in [1.165, 1.54) is 19.3 Å². The molecule has 2 aromatic heterocycles. The topological polar surface area (TPSA) is 142 Å². The van der Waals surface area contributed by atoms with Crippen molar-refractivity contribution in [2.45, 2.75) is 19.1 Å². The van der Waals surface area contributed by atoms with E-state index < -0.39 is 27.6 Å². The highest BCUT2D eigenvalue weighted by molar-refractivity contribution is 7.92. The van der Waals surface area contributed by atoms with Gasteiger partial charge in [-0.1, -0.05) is 0 Å². The van der Waals surface area contributed by atoms with Crippen molar-refractivity contribution in [1.29, 1.82) is 0 Å². The Labute approximate surface area is 197 Å². The van der Waals surface area contributed by atoms with Crippen molar-refractivity contribution in [2.24, 2.45) is 0 Å². The lowest BCUT2D eigenvalue weighted by Gasteiger charge is -2.16. The summed E-state index contributed by atoms with van der Waals surface area (Å²) in [6, 6.07) is 6.42. The first-order chi connectivity index (χ1) is 16.4. The molecule has 1 aliphatic rings. The van der Waals surface area contributed by atoms with Gasteiger partial charge in [-0.2, -0.15) is 18.2 Å². The van der Waals surface area contributed by atoms with E-state index in [2.05, 4.69) is 35.9 Å². The van der Waals surface area contributed by atoms with Gasteiger partial charge in [0, 0.05) is 30.8 Å². The van der Waals surface area contributed by atoms with Gasteiger partial charge in [-0.25, -0.2) is 27.7 Å². The van der Waals surface area contributed by atoms with Crippen LogP contribution in [0.15, 0.2) is 36.7 Å². The van der Waals surface area contributed by atoms with Crippen molar-refractivity contribution in [1.82, 2.24) is 19.9 Å². The lowest BCUT2D eigenvalue weighted by molar-refractivity contribution is -0.137. The molecule has 0 bridgehead atoms. The first-order valence-corrected chi connectivity index (χ1v) is 11.9. The highest BCUT2D eigenvalue weighted by atomic mass is 32.2. The average Bonchev–Trinajstić information content (AvgIpc) is 3.15. The number of rotatable bonds is 7. The minimum atomic E-state index is -4.73. The zero-order valence-corrected chi connectivity index (χ0v) is 19.2. The average molecular weight is 508 g/mol. The molecule has 0 spiro atoms. The number of hydrogen-bond acceptors (Lipinski definition) is 9.